The molecule has 1 atom stereocenters. The van der Waals surface area contributed by atoms with E-state index in [4.69, 9.17) is 5.73 Å². The van der Waals surface area contributed by atoms with Crippen LogP contribution in [0.3, 0.4) is 0 Å². The zero-order valence-electron chi connectivity index (χ0n) is 10.0. The first-order valence-corrected chi connectivity index (χ1v) is 5.63. The topological polar surface area (TPSA) is 56.2 Å². The molecular formula is C12H18N4. The summed E-state index contributed by atoms with van der Waals surface area (Å²) < 4.78 is 1.83. The van der Waals surface area contributed by atoms with E-state index in [-0.39, 0.29) is 0 Å². The Kier molecular flexibility index (Phi) is 2.92. The first-order valence-electron chi connectivity index (χ1n) is 5.63. The van der Waals surface area contributed by atoms with Gasteiger partial charge in [-0.15, -0.1) is 0 Å². The molecule has 4 nitrogen and oxygen atoms in total. The van der Waals surface area contributed by atoms with Crippen LogP contribution < -0.4 is 5.73 Å². The number of fused-ring (bicyclic) bond motifs is 1. The Morgan fingerprint density at radius 3 is 2.75 bits per heavy atom. The molecule has 0 spiro atoms. The van der Waals surface area contributed by atoms with Crippen molar-refractivity contribution in [1.82, 2.24) is 14.6 Å². The highest BCUT2D eigenvalue weighted by molar-refractivity contribution is 5.48. The number of nitrogens with two attached hydrogens (primary N) is 1. The van der Waals surface area contributed by atoms with Gasteiger partial charge in [0.2, 0.25) is 0 Å². The molecule has 2 aromatic heterocycles. The van der Waals surface area contributed by atoms with Gasteiger partial charge in [0.05, 0.1) is 6.20 Å². The van der Waals surface area contributed by atoms with Crippen LogP contribution in [0.15, 0.2) is 18.6 Å². The standard InChI is InChI=1S/C12H18N4/c1-8(2)10(4-13)11-6-15-16-7-9(3)5-14-12(11)16/h5-8,10H,4,13H2,1-3H3. The minimum absolute atomic E-state index is 0.327. The Hall–Kier alpha value is -1.42. The van der Waals surface area contributed by atoms with Crippen molar-refractivity contribution >= 4 is 5.65 Å². The second kappa shape index (κ2) is 4.22. The first kappa shape index (κ1) is 11.1. The maximum atomic E-state index is 5.82. The van der Waals surface area contributed by atoms with Gasteiger partial charge in [0.1, 0.15) is 0 Å². The van der Waals surface area contributed by atoms with Crippen LogP contribution in [0, 0.1) is 12.8 Å². The number of hydrogen-bond acceptors (Lipinski definition) is 3. The van der Waals surface area contributed by atoms with Gasteiger partial charge in [-0.05, 0) is 24.9 Å². The lowest BCUT2D eigenvalue weighted by Crippen LogP contribution is -2.17. The summed E-state index contributed by atoms with van der Waals surface area (Å²) in [5.41, 5.74) is 9.00. The van der Waals surface area contributed by atoms with Crippen molar-refractivity contribution in [2.24, 2.45) is 11.7 Å². The van der Waals surface area contributed by atoms with Crippen molar-refractivity contribution in [3.63, 3.8) is 0 Å². The molecule has 0 bridgehead atoms. The zero-order valence-corrected chi connectivity index (χ0v) is 10.0. The second-order valence-corrected chi connectivity index (χ2v) is 4.59. The Bertz CT molecular complexity index is 487. The van der Waals surface area contributed by atoms with Gasteiger partial charge >= 0.3 is 0 Å². The summed E-state index contributed by atoms with van der Waals surface area (Å²) in [7, 11) is 0. The van der Waals surface area contributed by atoms with Gasteiger partial charge < -0.3 is 5.73 Å². The highest BCUT2D eigenvalue weighted by Gasteiger charge is 2.19. The second-order valence-electron chi connectivity index (χ2n) is 4.59. The van der Waals surface area contributed by atoms with E-state index in [0.29, 0.717) is 18.4 Å². The Morgan fingerprint density at radius 1 is 1.38 bits per heavy atom. The molecule has 4 heteroatoms. The fourth-order valence-electron chi connectivity index (χ4n) is 2.01. The molecule has 0 amide bonds. The number of aryl methyl sites for hydroxylation is 1. The zero-order chi connectivity index (χ0) is 11.7. The monoisotopic (exact) mass is 218 g/mol. The Morgan fingerprint density at radius 2 is 2.12 bits per heavy atom. The molecular weight excluding hydrogens is 200 g/mol. The molecule has 2 rings (SSSR count). The van der Waals surface area contributed by atoms with Gasteiger partial charge in [-0.2, -0.15) is 5.10 Å². The van der Waals surface area contributed by atoms with Crippen LogP contribution in [0.5, 0.6) is 0 Å². The van der Waals surface area contributed by atoms with Crippen LogP contribution in [-0.4, -0.2) is 21.1 Å². The summed E-state index contributed by atoms with van der Waals surface area (Å²) >= 11 is 0. The lowest BCUT2D eigenvalue weighted by atomic mass is 9.90. The van der Waals surface area contributed by atoms with Crippen molar-refractivity contribution < 1.29 is 0 Å². The molecule has 1 unspecified atom stereocenters. The third kappa shape index (κ3) is 1.80. The molecule has 0 radical (unpaired) electrons. The van der Waals surface area contributed by atoms with Crippen molar-refractivity contribution in [1.29, 1.82) is 0 Å². The van der Waals surface area contributed by atoms with E-state index < -0.39 is 0 Å². The fraction of sp³-hybridized carbons (Fsp3) is 0.500. The van der Waals surface area contributed by atoms with Crippen LogP contribution in [0.4, 0.5) is 0 Å². The highest BCUT2D eigenvalue weighted by atomic mass is 15.2. The number of aromatic nitrogens is 3. The summed E-state index contributed by atoms with van der Waals surface area (Å²) in [6.07, 6.45) is 5.74. The van der Waals surface area contributed by atoms with E-state index in [1.165, 1.54) is 0 Å². The van der Waals surface area contributed by atoms with Gasteiger partial charge in [-0.25, -0.2) is 9.50 Å². The van der Waals surface area contributed by atoms with E-state index in [0.717, 1.165) is 16.8 Å². The van der Waals surface area contributed by atoms with Crippen molar-refractivity contribution in [2.75, 3.05) is 6.54 Å². The molecule has 16 heavy (non-hydrogen) atoms. The van der Waals surface area contributed by atoms with Crippen molar-refractivity contribution in [3.8, 4) is 0 Å². The van der Waals surface area contributed by atoms with Gasteiger partial charge in [-0.3, -0.25) is 0 Å². The van der Waals surface area contributed by atoms with E-state index >= 15 is 0 Å². The van der Waals surface area contributed by atoms with Crippen LogP contribution in [0.25, 0.3) is 5.65 Å². The molecule has 0 aliphatic heterocycles. The molecule has 2 aromatic rings. The van der Waals surface area contributed by atoms with Crippen LogP contribution in [0.2, 0.25) is 0 Å². The largest absolute Gasteiger partial charge is 0.330 e. The van der Waals surface area contributed by atoms with E-state index in [9.17, 15) is 0 Å². The smallest absolute Gasteiger partial charge is 0.158 e. The number of hydrogen-bond donors (Lipinski definition) is 1. The summed E-state index contributed by atoms with van der Waals surface area (Å²) in [6.45, 7) is 7.00. The third-order valence-electron chi connectivity index (χ3n) is 2.97. The average molecular weight is 218 g/mol. The Labute approximate surface area is 95.5 Å². The van der Waals surface area contributed by atoms with E-state index in [1.807, 2.05) is 30.0 Å². The van der Waals surface area contributed by atoms with E-state index in [1.54, 1.807) is 0 Å². The predicted molar refractivity (Wildman–Crippen MR) is 64.4 cm³/mol. The summed E-state index contributed by atoms with van der Waals surface area (Å²) in [6, 6.07) is 0. The minimum Gasteiger partial charge on any atom is -0.330 e. The highest BCUT2D eigenvalue weighted by Crippen LogP contribution is 2.25. The van der Waals surface area contributed by atoms with Crippen LogP contribution >= 0.6 is 0 Å². The van der Waals surface area contributed by atoms with Gasteiger partial charge in [-0.1, -0.05) is 13.8 Å². The Balaban J connectivity index is 2.52. The number of rotatable bonds is 3. The normalized spacial score (nSPS) is 13.6. The molecule has 0 aliphatic carbocycles. The summed E-state index contributed by atoms with van der Waals surface area (Å²) in [5, 5.41) is 4.33. The van der Waals surface area contributed by atoms with Gasteiger partial charge in [0, 0.05) is 23.9 Å². The summed E-state index contributed by atoms with van der Waals surface area (Å²) in [4.78, 5) is 4.44. The molecule has 0 saturated carbocycles. The van der Waals surface area contributed by atoms with Crippen molar-refractivity contribution in [2.45, 2.75) is 26.7 Å². The molecule has 0 saturated heterocycles. The lowest BCUT2D eigenvalue weighted by Gasteiger charge is -2.17. The lowest BCUT2D eigenvalue weighted by molar-refractivity contribution is 0.508. The van der Waals surface area contributed by atoms with Crippen LogP contribution in [-0.2, 0) is 0 Å². The minimum atomic E-state index is 0.327. The third-order valence-corrected chi connectivity index (χ3v) is 2.97. The first-order chi connectivity index (χ1) is 7.63. The average Bonchev–Trinajstić information content (AvgIpc) is 2.62. The molecule has 2 heterocycles. The fourth-order valence-corrected chi connectivity index (χ4v) is 2.01. The van der Waals surface area contributed by atoms with Crippen LogP contribution in [0.1, 0.15) is 30.9 Å². The van der Waals surface area contributed by atoms with Gasteiger partial charge in [0.25, 0.3) is 0 Å². The van der Waals surface area contributed by atoms with E-state index in [2.05, 4.69) is 23.9 Å². The molecule has 0 aromatic carbocycles. The predicted octanol–water partition coefficient (Wildman–Crippen LogP) is 1.74. The van der Waals surface area contributed by atoms with Crippen molar-refractivity contribution in [3.05, 3.63) is 29.7 Å². The number of nitrogens with zero attached hydrogens (tertiary/aromatic N) is 3. The molecule has 86 valence electrons. The molecule has 2 N–H and O–H groups in total. The maximum Gasteiger partial charge on any atom is 0.158 e. The van der Waals surface area contributed by atoms with Gasteiger partial charge in [0.15, 0.2) is 5.65 Å². The molecule has 0 aliphatic rings. The molecule has 0 fully saturated rings. The quantitative estimate of drug-likeness (QED) is 0.853. The maximum absolute atomic E-state index is 5.82. The summed E-state index contributed by atoms with van der Waals surface area (Å²) in [5.74, 6) is 0.828. The SMILES string of the molecule is Cc1cnc2c(C(CN)C(C)C)cnn2c1.